The van der Waals surface area contributed by atoms with Crippen LogP contribution in [0.2, 0.25) is 0 Å². The summed E-state index contributed by atoms with van der Waals surface area (Å²) in [6.45, 7) is 7.91. The first-order chi connectivity index (χ1) is 7.24. The van der Waals surface area contributed by atoms with E-state index >= 15 is 0 Å². The van der Waals surface area contributed by atoms with Crippen molar-refractivity contribution in [2.45, 2.75) is 39.7 Å². The third-order valence-corrected chi connectivity index (χ3v) is 2.85. The topological polar surface area (TPSA) is 12.0 Å². The van der Waals surface area contributed by atoms with Crippen LogP contribution in [0.1, 0.15) is 45.2 Å². The Kier molecular flexibility index (Phi) is 5.41. The first-order valence-corrected chi connectivity index (χ1v) is 6.02. The first kappa shape index (κ1) is 12.3. The molecule has 1 heteroatoms. The maximum absolute atomic E-state index is 3.58. The molecule has 0 bridgehead atoms. The van der Waals surface area contributed by atoms with Crippen molar-refractivity contribution in [1.29, 1.82) is 0 Å². The largest absolute Gasteiger partial charge is 0.310 e. The highest BCUT2D eigenvalue weighted by molar-refractivity contribution is 5.17. The molecule has 0 radical (unpaired) electrons. The van der Waals surface area contributed by atoms with Crippen LogP contribution in [0, 0.1) is 5.92 Å². The summed E-state index contributed by atoms with van der Waals surface area (Å²) in [7, 11) is 0. The van der Waals surface area contributed by atoms with Crippen LogP contribution in [0.3, 0.4) is 0 Å². The van der Waals surface area contributed by atoms with Gasteiger partial charge in [-0.15, -0.1) is 0 Å². The van der Waals surface area contributed by atoms with Gasteiger partial charge in [-0.3, -0.25) is 0 Å². The Morgan fingerprint density at radius 2 is 1.80 bits per heavy atom. The normalized spacial score (nSPS) is 14.9. The number of rotatable bonds is 6. The van der Waals surface area contributed by atoms with Gasteiger partial charge in [0.1, 0.15) is 0 Å². The molecule has 0 fully saturated rings. The van der Waals surface area contributed by atoms with Gasteiger partial charge in [-0.2, -0.15) is 0 Å². The number of benzene rings is 1. The summed E-state index contributed by atoms with van der Waals surface area (Å²) in [5.41, 5.74) is 1.38. The van der Waals surface area contributed by atoms with Gasteiger partial charge in [-0.25, -0.2) is 0 Å². The van der Waals surface area contributed by atoms with Crippen molar-refractivity contribution in [2.75, 3.05) is 6.54 Å². The Bertz CT molecular complexity index is 255. The van der Waals surface area contributed by atoms with E-state index in [1.54, 1.807) is 0 Å². The van der Waals surface area contributed by atoms with E-state index in [0.717, 1.165) is 12.5 Å². The minimum atomic E-state index is 0.463. The van der Waals surface area contributed by atoms with Crippen LogP contribution in [-0.2, 0) is 0 Å². The summed E-state index contributed by atoms with van der Waals surface area (Å²) in [4.78, 5) is 0. The fourth-order valence-electron chi connectivity index (χ4n) is 1.83. The molecule has 0 saturated carbocycles. The van der Waals surface area contributed by atoms with E-state index < -0.39 is 0 Å². The molecule has 0 saturated heterocycles. The smallest absolute Gasteiger partial charge is 0.0291 e. The average Bonchev–Trinajstić information content (AvgIpc) is 2.27. The minimum Gasteiger partial charge on any atom is -0.310 e. The fraction of sp³-hybridized carbons (Fsp3) is 0.571. The predicted octanol–water partition coefficient (Wildman–Crippen LogP) is 3.77. The Hall–Kier alpha value is -0.820. The molecular formula is C14H23N. The lowest BCUT2D eigenvalue weighted by atomic mass is 10.0. The summed E-state index contributed by atoms with van der Waals surface area (Å²) < 4.78 is 0. The van der Waals surface area contributed by atoms with E-state index in [1.807, 2.05) is 0 Å². The summed E-state index contributed by atoms with van der Waals surface area (Å²) in [5, 5.41) is 3.58. The molecule has 15 heavy (non-hydrogen) atoms. The molecule has 1 rings (SSSR count). The van der Waals surface area contributed by atoms with Gasteiger partial charge < -0.3 is 5.32 Å². The van der Waals surface area contributed by atoms with Gasteiger partial charge in [0.15, 0.2) is 0 Å². The molecular weight excluding hydrogens is 182 g/mol. The monoisotopic (exact) mass is 205 g/mol. The standard InChI is InChI=1S/C14H23N/c1-4-8-12(2)11-15-13(3)14-9-6-5-7-10-14/h5-7,9-10,12-13,15H,4,8,11H2,1-3H3/t12-,13+/m0/s1. The summed E-state index contributed by atoms with van der Waals surface area (Å²) >= 11 is 0. The molecule has 1 N–H and O–H groups in total. The highest BCUT2D eigenvalue weighted by atomic mass is 14.9. The van der Waals surface area contributed by atoms with Crippen LogP contribution in [0.25, 0.3) is 0 Å². The van der Waals surface area contributed by atoms with Crippen molar-refractivity contribution in [3.05, 3.63) is 35.9 Å². The van der Waals surface area contributed by atoms with Crippen molar-refractivity contribution >= 4 is 0 Å². The average molecular weight is 205 g/mol. The van der Waals surface area contributed by atoms with Gasteiger partial charge in [0.2, 0.25) is 0 Å². The summed E-state index contributed by atoms with van der Waals surface area (Å²) in [6, 6.07) is 11.1. The quantitative estimate of drug-likeness (QED) is 0.745. The highest BCUT2D eigenvalue weighted by Gasteiger charge is 2.06. The molecule has 2 atom stereocenters. The minimum absolute atomic E-state index is 0.463. The van der Waals surface area contributed by atoms with Crippen molar-refractivity contribution in [1.82, 2.24) is 5.32 Å². The second-order valence-electron chi connectivity index (χ2n) is 4.43. The van der Waals surface area contributed by atoms with Crippen LogP contribution in [-0.4, -0.2) is 6.54 Å². The molecule has 0 aliphatic carbocycles. The SMILES string of the molecule is CCC[C@H](C)CN[C@H](C)c1ccccc1. The molecule has 1 aromatic rings. The predicted molar refractivity (Wildman–Crippen MR) is 66.9 cm³/mol. The maximum Gasteiger partial charge on any atom is 0.0291 e. The van der Waals surface area contributed by atoms with Gasteiger partial charge in [0, 0.05) is 6.04 Å². The van der Waals surface area contributed by atoms with Crippen molar-refractivity contribution in [3.63, 3.8) is 0 Å². The molecule has 1 aromatic carbocycles. The Morgan fingerprint density at radius 3 is 2.40 bits per heavy atom. The van der Waals surface area contributed by atoms with Crippen molar-refractivity contribution in [3.8, 4) is 0 Å². The molecule has 0 aromatic heterocycles. The number of hydrogen-bond acceptors (Lipinski definition) is 1. The van der Waals surface area contributed by atoms with E-state index in [2.05, 4.69) is 56.4 Å². The third-order valence-electron chi connectivity index (χ3n) is 2.85. The lowest BCUT2D eigenvalue weighted by Gasteiger charge is -2.17. The van der Waals surface area contributed by atoms with E-state index in [-0.39, 0.29) is 0 Å². The zero-order valence-electron chi connectivity index (χ0n) is 10.2. The third kappa shape index (κ3) is 4.48. The lowest BCUT2D eigenvalue weighted by molar-refractivity contribution is 0.444. The van der Waals surface area contributed by atoms with Crippen molar-refractivity contribution in [2.24, 2.45) is 5.92 Å². The second-order valence-corrected chi connectivity index (χ2v) is 4.43. The fourth-order valence-corrected chi connectivity index (χ4v) is 1.83. The van der Waals surface area contributed by atoms with E-state index in [1.165, 1.54) is 18.4 Å². The van der Waals surface area contributed by atoms with Crippen LogP contribution in [0.15, 0.2) is 30.3 Å². The van der Waals surface area contributed by atoms with Gasteiger partial charge in [-0.05, 0) is 31.4 Å². The molecule has 0 aliphatic rings. The van der Waals surface area contributed by atoms with Crippen LogP contribution in [0.4, 0.5) is 0 Å². The molecule has 0 amide bonds. The van der Waals surface area contributed by atoms with Crippen LogP contribution >= 0.6 is 0 Å². The zero-order valence-corrected chi connectivity index (χ0v) is 10.2. The van der Waals surface area contributed by atoms with E-state index in [9.17, 15) is 0 Å². The first-order valence-electron chi connectivity index (χ1n) is 6.02. The lowest BCUT2D eigenvalue weighted by Crippen LogP contribution is -2.24. The number of nitrogens with one attached hydrogen (secondary N) is 1. The molecule has 0 aliphatic heterocycles. The van der Waals surface area contributed by atoms with Gasteiger partial charge >= 0.3 is 0 Å². The van der Waals surface area contributed by atoms with Crippen LogP contribution < -0.4 is 5.32 Å². The Balaban J connectivity index is 2.33. The highest BCUT2D eigenvalue weighted by Crippen LogP contribution is 2.12. The number of hydrogen-bond donors (Lipinski definition) is 1. The van der Waals surface area contributed by atoms with Gasteiger partial charge in [0.25, 0.3) is 0 Å². The Labute approximate surface area is 93.9 Å². The van der Waals surface area contributed by atoms with Gasteiger partial charge in [0.05, 0.1) is 0 Å². The second kappa shape index (κ2) is 6.62. The molecule has 1 nitrogen and oxygen atoms in total. The van der Waals surface area contributed by atoms with Gasteiger partial charge in [-0.1, -0.05) is 50.6 Å². The molecule has 0 spiro atoms. The molecule has 84 valence electrons. The van der Waals surface area contributed by atoms with E-state index in [0.29, 0.717) is 6.04 Å². The molecule has 0 heterocycles. The summed E-state index contributed by atoms with van der Waals surface area (Å²) in [6.07, 6.45) is 2.59. The summed E-state index contributed by atoms with van der Waals surface area (Å²) in [5.74, 6) is 0.779. The van der Waals surface area contributed by atoms with Crippen LogP contribution in [0.5, 0.6) is 0 Å². The van der Waals surface area contributed by atoms with Crippen molar-refractivity contribution < 1.29 is 0 Å². The zero-order chi connectivity index (χ0) is 11.1. The maximum atomic E-state index is 3.58. The molecule has 0 unspecified atom stereocenters. The van der Waals surface area contributed by atoms with E-state index in [4.69, 9.17) is 0 Å². The Morgan fingerprint density at radius 1 is 1.13 bits per heavy atom.